The Morgan fingerprint density at radius 1 is 0.974 bits per heavy atom. The number of hydrogen-bond donors (Lipinski definition) is 0. The van der Waals surface area contributed by atoms with Crippen LogP contribution in [0, 0.1) is 6.92 Å². The molecule has 4 aromatic heterocycles. The molecule has 2 aromatic carbocycles. The van der Waals surface area contributed by atoms with Crippen molar-refractivity contribution >= 4 is 11.4 Å². The predicted molar refractivity (Wildman–Crippen MR) is 142 cm³/mol. The maximum absolute atomic E-state index is 6.40. The standard InChI is InChI=1S/C29H23N7O3/c1-18(20-10-5-3-6-11-20)34-38-16-23-31-27-26-25(22-14-9-15-37-22)24-19(2)32-36(21-12-7-4-8-13-21)29(24)39-28(26)30-17-35(27)33-23/h3-15,17,25H,16H2,1-2H3/b34-18+/t25-/m1/s1. The second-order valence-corrected chi connectivity index (χ2v) is 9.18. The van der Waals surface area contributed by atoms with Crippen molar-refractivity contribution in [2.75, 3.05) is 0 Å². The van der Waals surface area contributed by atoms with E-state index in [0.717, 1.165) is 39.5 Å². The quantitative estimate of drug-likeness (QED) is 0.214. The van der Waals surface area contributed by atoms with E-state index in [1.807, 2.05) is 86.6 Å². The second kappa shape index (κ2) is 9.25. The van der Waals surface area contributed by atoms with E-state index >= 15 is 0 Å². The minimum absolute atomic E-state index is 0.100. The van der Waals surface area contributed by atoms with Gasteiger partial charge in [-0.2, -0.15) is 5.10 Å². The average molecular weight is 518 g/mol. The van der Waals surface area contributed by atoms with Crippen LogP contribution < -0.4 is 4.74 Å². The zero-order valence-corrected chi connectivity index (χ0v) is 21.2. The van der Waals surface area contributed by atoms with Crippen LogP contribution in [-0.4, -0.2) is 35.1 Å². The Balaban J connectivity index is 1.29. The van der Waals surface area contributed by atoms with Crippen LogP contribution in [-0.2, 0) is 11.4 Å². The van der Waals surface area contributed by atoms with E-state index in [0.29, 0.717) is 23.2 Å². The molecule has 192 valence electrons. The molecule has 0 unspecified atom stereocenters. The van der Waals surface area contributed by atoms with E-state index in [1.54, 1.807) is 21.8 Å². The molecule has 0 spiro atoms. The molecule has 1 aliphatic rings. The number of rotatable bonds is 6. The Labute approximate surface area is 223 Å². The maximum atomic E-state index is 6.40. The first-order chi connectivity index (χ1) is 19.2. The third kappa shape index (κ3) is 3.93. The van der Waals surface area contributed by atoms with Crippen LogP contribution in [0.2, 0.25) is 0 Å². The van der Waals surface area contributed by atoms with Crippen LogP contribution in [0.5, 0.6) is 11.8 Å². The van der Waals surface area contributed by atoms with E-state index in [4.69, 9.17) is 24.1 Å². The van der Waals surface area contributed by atoms with Gasteiger partial charge in [-0.1, -0.05) is 53.7 Å². The molecule has 0 bridgehead atoms. The van der Waals surface area contributed by atoms with Crippen LogP contribution in [0.15, 0.2) is 95.0 Å². The molecule has 5 heterocycles. The summed E-state index contributed by atoms with van der Waals surface area (Å²) in [5.41, 5.74) is 5.69. The topological polar surface area (TPSA) is 105 Å². The van der Waals surface area contributed by atoms with E-state index in [-0.39, 0.29) is 12.5 Å². The molecule has 0 radical (unpaired) electrons. The van der Waals surface area contributed by atoms with Gasteiger partial charge in [0.1, 0.15) is 12.1 Å². The summed E-state index contributed by atoms with van der Waals surface area (Å²) in [4.78, 5) is 15.0. The van der Waals surface area contributed by atoms with Crippen LogP contribution in [0.4, 0.5) is 0 Å². The average Bonchev–Trinajstić information content (AvgIpc) is 3.72. The van der Waals surface area contributed by atoms with Crippen molar-refractivity contribution in [1.82, 2.24) is 29.4 Å². The van der Waals surface area contributed by atoms with Gasteiger partial charge in [0.15, 0.2) is 18.1 Å². The van der Waals surface area contributed by atoms with Crippen molar-refractivity contribution in [2.45, 2.75) is 26.4 Å². The number of benzene rings is 2. The van der Waals surface area contributed by atoms with Gasteiger partial charge in [0.2, 0.25) is 11.8 Å². The fourth-order valence-electron chi connectivity index (χ4n) is 4.89. The third-order valence-electron chi connectivity index (χ3n) is 6.68. The monoisotopic (exact) mass is 517 g/mol. The largest absolute Gasteiger partial charge is 0.468 e. The van der Waals surface area contributed by atoms with Crippen LogP contribution in [0.25, 0.3) is 11.3 Å². The summed E-state index contributed by atoms with van der Waals surface area (Å²) in [6.07, 6.45) is 3.24. The fourth-order valence-corrected chi connectivity index (χ4v) is 4.89. The number of nitrogens with zero attached hydrogens (tertiary/aromatic N) is 7. The Bertz CT molecular complexity index is 1810. The van der Waals surface area contributed by atoms with Crippen LogP contribution in [0.1, 0.15) is 46.8 Å². The highest BCUT2D eigenvalue weighted by Crippen LogP contribution is 2.49. The summed E-state index contributed by atoms with van der Waals surface area (Å²) in [5, 5.41) is 13.6. The summed E-state index contributed by atoms with van der Waals surface area (Å²) >= 11 is 0. The molecule has 7 rings (SSSR count). The predicted octanol–water partition coefficient (Wildman–Crippen LogP) is 5.44. The number of aromatic nitrogens is 6. The van der Waals surface area contributed by atoms with Gasteiger partial charge in [0.25, 0.3) is 0 Å². The van der Waals surface area contributed by atoms with Gasteiger partial charge in [-0.3, -0.25) is 0 Å². The van der Waals surface area contributed by atoms with Gasteiger partial charge in [0.05, 0.1) is 40.4 Å². The SMILES string of the molecule is C/C(=N\OCc1nc2c3c(ncn2n1)Oc1c(c(C)nn1-c1ccccc1)[C@H]3c1ccco1)c1ccccc1. The summed E-state index contributed by atoms with van der Waals surface area (Å²) in [6, 6.07) is 23.5. The summed E-state index contributed by atoms with van der Waals surface area (Å²) in [7, 11) is 0. The lowest BCUT2D eigenvalue weighted by molar-refractivity contribution is 0.125. The molecular weight excluding hydrogens is 494 g/mol. The Morgan fingerprint density at radius 3 is 2.54 bits per heavy atom. The highest BCUT2D eigenvalue weighted by Gasteiger charge is 2.39. The van der Waals surface area contributed by atoms with E-state index < -0.39 is 0 Å². The normalized spacial score (nSPS) is 14.6. The molecule has 1 aliphatic heterocycles. The Hall–Kier alpha value is -5.25. The number of oxime groups is 1. The van der Waals surface area contributed by atoms with Crippen LogP contribution >= 0.6 is 0 Å². The molecule has 0 saturated carbocycles. The number of furan rings is 1. The number of aryl methyl sites for hydroxylation is 1. The second-order valence-electron chi connectivity index (χ2n) is 9.18. The van der Waals surface area contributed by atoms with E-state index in [1.165, 1.54) is 0 Å². The minimum Gasteiger partial charge on any atom is -0.468 e. The lowest BCUT2D eigenvalue weighted by Gasteiger charge is -2.24. The van der Waals surface area contributed by atoms with Crippen LogP contribution in [0.3, 0.4) is 0 Å². The smallest absolute Gasteiger partial charge is 0.230 e. The van der Waals surface area contributed by atoms with Gasteiger partial charge in [-0.25, -0.2) is 19.2 Å². The lowest BCUT2D eigenvalue weighted by Crippen LogP contribution is -2.15. The number of para-hydroxylation sites is 1. The maximum Gasteiger partial charge on any atom is 0.230 e. The van der Waals surface area contributed by atoms with Gasteiger partial charge < -0.3 is 14.0 Å². The summed E-state index contributed by atoms with van der Waals surface area (Å²) in [5.74, 6) is 1.87. The first kappa shape index (κ1) is 22.9. The Kier molecular flexibility index (Phi) is 5.43. The van der Waals surface area contributed by atoms with Crippen molar-refractivity contribution in [2.24, 2.45) is 5.16 Å². The molecule has 10 nitrogen and oxygen atoms in total. The molecule has 0 saturated heterocycles. The zero-order chi connectivity index (χ0) is 26.3. The minimum atomic E-state index is -0.344. The van der Waals surface area contributed by atoms with Crippen molar-refractivity contribution in [3.05, 3.63) is 119 Å². The fraction of sp³-hybridized carbons (Fsp3) is 0.138. The highest BCUT2D eigenvalue weighted by atomic mass is 16.6. The molecule has 10 heteroatoms. The number of hydrogen-bond acceptors (Lipinski definition) is 8. The third-order valence-corrected chi connectivity index (χ3v) is 6.68. The van der Waals surface area contributed by atoms with E-state index in [2.05, 4.69) is 15.2 Å². The Morgan fingerprint density at radius 2 is 1.77 bits per heavy atom. The molecular formula is C29H23N7O3. The molecule has 0 aliphatic carbocycles. The van der Waals surface area contributed by atoms with Crippen molar-refractivity contribution in [1.29, 1.82) is 0 Å². The van der Waals surface area contributed by atoms with Crippen molar-refractivity contribution in [3.63, 3.8) is 0 Å². The van der Waals surface area contributed by atoms with Crippen molar-refractivity contribution < 1.29 is 14.0 Å². The van der Waals surface area contributed by atoms with Gasteiger partial charge in [-0.05, 0) is 43.7 Å². The molecule has 39 heavy (non-hydrogen) atoms. The molecule has 0 amide bonds. The van der Waals surface area contributed by atoms with Gasteiger partial charge in [0, 0.05) is 0 Å². The number of fused-ring (bicyclic) bond motifs is 4. The van der Waals surface area contributed by atoms with Gasteiger partial charge in [-0.15, -0.1) is 5.10 Å². The van der Waals surface area contributed by atoms with E-state index in [9.17, 15) is 0 Å². The summed E-state index contributed by atoms with van der Waals surface area (Å²) in [6.45, 7) is 3.96. The molecule has 0 fully saturated rings. The summed E-state index contributed by atoms with van der Waals surface area (Å²) < 4.78 is 15.8. The highest BCUT2D eigenvalue weighted by molar-refractivity contribution is 5.98. The molecule has 0 N–H and O–H groups in total. The van der Waals surface area contributed by atoms with Gasteiger partial charge >= 0.3 is 0 Å². The first-order valence-electron chi connectivity index (χ1n) is 12.5. The molecule has 1 atom stereocenters. The number of ether oxygens (including phenoxy) is 1. The lowest BCUT2D eigenvalue weighted by atomic mass is 9.88. The van der Waals surface area contributed by atoms with Crippen molar-refractivity contribution in [3.8, 4) is 17.4 Å². The molecule has 6 aromatic rings. The first-order valence-corrected chi connectivity index (χ1v) is 12.5. The zero-order valence-electron chi connectivity index (χ0n) is 21.2.